The topological polar surface area (TPSA) is 29.9 Å². The minimum atomic E-state index is 0.840. The van der Waals surface area contributed by atoms with Crippen molar-refractivity contribution in [3.8, 4) is 0 Å². The van der Waals surface area contributed by atoms with E-state index in [-0.39, 0.29) is 0 Å². The average molecular weight is 268 g/mol. The third kappa shape index (κ3) is 1.79. The number of halogens is 1. The van der Waals surface area contributed by atoms with Gasteiger partial charge < -0.3 is 5.32 Å². The molecule has 0 amide bonds. The van der Waals surface area contributed by atoms with E-state index in [1.807, 2.05) is 23.9 Å². The summed E-state index contributed by atoms with van der Waals surface area (Å²) in [6, 6.07) is 6.12. The predicted octanol–water partition coefficient (Wildman–Crippen LogP) is 2.54. The minimum Gasteiger partial charge on any atom is -0.314 e. The highest BCUT2D eigenvalue weighted by Gasteiger charge is 2.11. The Labute approximate surface area is 97.6 Å². The SMILES string of the molecule is CCn1nc2cccc(Br)c2c1CNC. The number of aromatic nitrogens is 2. The summed E-state index contributed by atoms with van der Waals surface area (Å²) in [7, 11) is 1.95. The molecule has 0 aliphatic carbocycles. The molecule has 2 aromatic rings. The van der Waals surface area contributed by atoms with Crippen LogP contribution in [0.15, 0.2) is 22.7 Å². The summed E-state index contributed by atoms with van der Waals surface area (Å²) < 4.78 is 3.16. The van der Waals surface area contributed by atoms with Gasteiger partial charge in [-0.05, 0) is 26.1 Å². The first-order valence-corrected chi connectivity index (χ1v) is 5.85. The molecule has 1 heterocycles. The Morgan fingerprint density at radius 3 is 2.93 bits per heavy atom. The van der Waals surface area contributed by atoms with Crippen molar-refractivity contribution in [2.24, 2.45) is 0 Å². The van der Waals surface area contributed by atoms with Gasteiger partial charge in [0, 0.05) is 22.9 Å². The minimum absolute atomic E-state index is 0.840. The highest BCUT2D eigenvalue weighted by molar-refractivity contribution is 9.10. The molecule has 1 aromatic carbocycles. The van der Waals surface area contributed by atoms with Crippen LogP contribution in [0.2, 0.25) is 0 Å². The molecule has 4 heteroatoms. The summed E-state index contributed by atoms with van der Waals surface area (Å²) in [5.41, 5.74) is 2.29. The van der Waals surface area contributed by atoms with Gasteiger partial charge in [-0.25, -0.2) is 0 Å². The number of benzene rings is 1. The van der Waals surface area contributed by atoms with E-state index >= 15 is 0 Å². The molecule has 0 fully saturated rings. The van der Waals surface area contributed by atoms with Crippen LogP contribution in [0.1, 0.15) is 12.6 Å². The number of nitrogens with zero attached hydrogens (tertiary/aromatic N) is 2. The zero-order valence-corrected chi connectivity index (χ0v) is 10.5. The molecule has 0 radical (unpaired) electrons. The first kappa shape index (κ1) is 10.6. The quantitative estimate of drug-likeness (QED) is 0.927. The highest BCUT2D eigenvalue weighted by Crippen LogP contribution is 2.26. The maximum atomic E-state index is 4.56. The van der Waals surface area contributed by atoms with Crippen LogP contribution in [0.25, 0.3) is 10.9 Å². The molecule has 0 saturated heterocycles. The van der Waals surface area contributed by atoms with Crippen LogP contribution in [0.4, 0.5) is 0 Å². The highest BCUT2D eigenvalue weighted by atomic mass is 79.9. The van der Waals surface area contributed by atoms with Gasteiger partial charge in [0.15, 0.2) is 0 Å². The molecule has 3 nitrogen and oxygen atoms in total. The first-order valence-electron chi connectivity index (χ1n) is 5.06. The lowest BCUT2D eigenvalue weighted by molar-refractivity contribution is 0.610. The van der Waals surface area contributed by atoms with Crippen molar-refractivity contribution in [1.82, 2.24) is 15.1 Å². The molecule has 0 unspecified atom stereocenters. The first-order chi connectivity index (χ1) is 7.27. The van der Waals surface area contributed by atoms with E-state index < -0.39 is 0 Å². The van der Waals surface area contributed by atoms with Gasteiger partial charge in [0.2, 0.25) is 0 Å². The average Bonchev–Trinajstić information content (AvgIpc) is 2.58. The van der Waals surface area contributed by atoms with E-state index in [1.165, 1.54) is 11.1 Å². The fraction of sp³-hybridized carbons (Fsp3) is 0.364. The van der Waals surface area contributed by atoms with Crippen molar-refractivity contribution in [2.75, 3.05) is 7.05 Å². The van der Waals surface area contributed by atoms with E-state index in [2.05, 4.69) is 39.3 Å². The fourth-order valence-corrected chi connectivity index (χ4v) is 2.39. The van der Waals surface area contributed by atoms with E-state index in [0.29, 0.717) is 0 Å². The number of fused-ring (bicyclic) bond motifs is 1. The van der Waals surface area contributed by atoms with E-state index in [1.54, 1.807) is 0 Å². The van der Waals surface area contributed by atoms with Crippen LogP contribution in [-0.4, -0.2) is 16.8 Å². The normalized spacial score (nSPS) is 11.1. The Morgan fingerprint density at radius 2 is 2.27 bits per heavy atom. The van der Waals surface area contributed by atoms with E-state index in [4.69, 9.17) is 0 Å². The largest absolute Gasteiger partial charge is 0.314 e. The van der Waals surface area contributed by atoms with Crippen molar-refractivity contribution in [3.05, 3.63) is 28.4 Å². The summed E-state index contributed by atoms with van der Waals surface area (Å²) in [6.07, 6.45) is 0. The lowest BCUT2D eigenvalue weighted by atomic mass is 10.2. The summed E-state index contributed by atoms with van der Waals surface area (Å²) in [4.78, 5) is 0. The molecule has 1 N–H and O–H groups in total. The molecule has 0 atom stereocenters. The monoisotopic (exact) mass is 267 g/mol. The van der Waals surface area contributed by atoms with Gasteiger partial charge in [0.05, 0.1) is 11.2 Å². The molecule has 80 valence electrons. The molecule has 0 bridgehead atoms. The van der Waals surface area contributed by atoms with Crippen LogP contribution in [0.3, 0.4) is 0 Å². The third-order valence-electron chi connectivity index (χ3n) is 2.46. The molecule has 1 aromatic heterocycles. The van der Waals surface area contributed by atoms with Gasteiger partial charge in [0.25, 0.3) is 0 Å². The van der Waals surface area contributed by atoms with Gasteiger partial charge in [0.1, 0.15) is 0 Å². The number of hydrogen-bond donors (Lipinski definition) is 1. The van der Waals surface area contributed by atoms with Crippen LogP contribution in [-0.2, 0) is 13.1 Å². The summed E-state index contributed by atoms with van der Waals surface area (Å²) in [6.45, 7) is 3.85. The summed E-state index contributed by atoms with van der Waals surface area (Å²) in [5.74, 6) is 0. The van der Waals surface area contributed by atoms with Crippen molar-refractivity contribution >= 4 is 26.8 Å². The fourth-order valence-electron chi connectivity index (χ4n) is 1.81. The van der Waals surface area contributed by atoms with Gasteiger partial charge >= 0.3 is 0 Å². The zero-order chi connectivity index (χ0) is 10.8. The number of rotatable bonds is 3. The van der Waals surface area contributed by atoms with Gasteiger partial charge in [-0.2, -0.15) is 5.10 Å². The molecule has 15 heavy (non-hydrogen) atoms. The van der Waals surface area contributed by atoms with E-state index in [0.717, 1.165) is 23.1 Å². The van der Waals surface area contributed by atoms with Crippen LogP contribution < -0.4 is 5.32 Å². The molecule has 0 aliphatic heterocycles. The Balaban J connectivity index is 2.70. The standard InChI is InChI=1S/C11H14BrN3/c1-3-15-10(7-13-2)11-8(12)5-4-6-9(11)14-15/h4-6,13H,3,7H2,1-2H3. The van der Waals surface area contributed by atoms with Gasteiger partial charge in [-0.3, -0.25) is 4.68 Å². The lowest BCUT2D eigenvalue weighted by Crippen LogP contribution is -2.11. The maximum absolute atomic E-state index is 4.56. The van der Waals surface area contributed by atoms with E-state index in [9.17, 15) is 0 Å². The number of hydrogen-bond acceptors (Lipinski definition) is 2. The molecular weight excluding hydrogens is 254 g/mol. The maximum Gasteiger partial charge on any atom is 0.0938 e. The second-order valence-corrected chi connectivity index (χ2v) is 4.28. The molecule has 2 rings (SSSR count). The Hall–Kier alpha value is -0.870. The van der Waals surface area contributed by atoms with Crippen LogP contribution in [0, 0.1) is 0 Å². The third-order valence-corrected chi connectivity index (χ3v) is 3.12. The lowest BCUT2D eigenvalue weighted by Gasteiger charge is -2.04. The van der Waals surface area contributed by atoms with Crippen molar-refractivity contribution < 1.29 is 0 Å². The van der Waals surface area contributed by atoms with Crippen molar-refractivity contribution in [1.29, 1.82) is 0 Å². The van der Waals surface area contributed by atoms with Crippen LogP contribution in [0.5, 0.6) is 0 Å². The van der Waals surface area contributed by atoms with Crippen LogP contribution >= 0.6 is 15.9 Å². The predicted molar refractivity (Wildman–Crippen MR) is 65.9 cm³/mol. The Bertz CT molecular complexity index is 476. The molecule has 0 aliphatic rings. The molecule has 0 saturated carbocycles. The van der Waals surface area contributed by atoms with Crippen molar-refractivity contribution in [3.63, 3.8) is 0 Å². The molecular formula is C11H14BrN3. The summed E-state index contributed by atoms with van der Waals surface area (Å²) >= 11 is 3.58. The van der Waals surface area contributed by atoms with Crippen molar-refractivity contribution in [2.45, 2.75) is 20.0 Å². The van der Waals surface area contributed by atoms with Gasteiger partial charge in [-0.1, -0.05) is 22.0 Å². The molecule has 0 spiro atoms. The number of nitrogens with one attached hydrogen (secondary N) is 1. The smallest absolute Gasteiger partial charge is 0.0938 e. The number of aryl methyl sites for hydroxylation is 1. The second-order valence-electron chi connectivity index (χ2n) is 3.43. The Kier molecular flexibility index (Phi) is 3.07. The summed E-state index contributed by atoms with van der Waals surface area (Å²) in [5, 5.41) is 8.96. The second kappa shape index (κ2) is 4.33. The zero-order valence-electron chi connectivity index (χ0n) is 8.92. The Morgan fingerprint density at radius 1 is 1.47 bits per heavy atom. The van der Waals surface area contributed by atoms with Gasteiger partial charge in [-0.15, -0.1) is 0 Å².